The molecule has 0 saturated carbocycles. The molecule has 0 aromatic carbocycles. The third-order valence-corrected chi connectivity index (χ3v) is 1.41. The fraction of sp³-hybridized carbons (Fsp3) is 0.500. The van der Waals surface area contributed by atoms with E-state index in [0.717, 1.165) is 0 Å². The maximum absolute atomic E-state index is 5.43. The predicted molar refractivity (Wildman–Crippen MR) is 38.2 cm³/mol. The minimum atomic E-state index is 0.287. The van der Waals surface area contributed by atoms with Gasteiger partial charge in [-0.15, -0.1) is 0 Å². The van der Waals surface area contributed by atoms with Crippen LogP contribution in [0.3, 0.4) is 0 Å². The van der Waals surface area contributed by atoms with Crippen LogP contribution < -0.4 is 5.73 Å². The number of likely N-dealkylation sites (N-methyl/N-ethyl adjacent to an activating group) is 1. The summed E-state index contributed by atoms with van der Waals surface area (Å²) in [6, 6.07) is 0.287. The standard InChI is InChI=1S/C6H11N3/c1-9-3-2-8-5-6(9)4-7/h2-3,5-6H,4,7H2,1H3. The first-order valence-corrected chi connectivity index (χ1v) is 2.96. The zero-order valence-corrected chi connectivity index (χ0v) is 5.49. The van der Waals surface area contributed by atoms with Crippen molar-refractivity contribution in [3.05, 3.63) is 12.4 Å². The summed E-state index contributed by atoms with van der Waals surface area (Å²) in [5.41, 5.74) is 5.43. The SMILES string of the molecule is CN1C=CN=CC1CN. The van der Waals surface area contributed by atoms with Crippen LogP contribution in [0.15, 0.2) is 17.4 Å². The highest BCUT2D eigenvalue weighted by Crippen LogP contribution is 1.97. The maximum Gasteiger partial charge on any atom is 0.0758 e. The van der Waals surface area contributed by atoms with Crippen LogP contribution in [0.2, 0.25) is 0 Å². The molecular weight excluding hydrogens is 114 g/mol. The molecule has 9 heavy (non-hydrogen) atoms. The van der Waals surface area contributed by atoms with Crippen LogP contribution in [0.1, 0.15) is 0 Å². The Morgan fingerprint density at radius 2 is 2.56 bits per heavy atom. The molecule has 0 aromatic rings. The quantitative estimate of drug-likeness (QED) is 0.527. The van der Waals surface area contributed by atoms with Gasteiger partial charge in [0.1, 0.15) is 0 Å². The summed E-state index contributed by atoms with van der Waals surface area (Å²) in [5.74, 6) is 0. The average Bonchev–Trinajstić information content (AvgIpc) is 1.89. The van der Waals surface area contributed by atoms with Gasteiger partial charge in [-0.1, -0.05) is 0 Å². The highest BCUT2D eigenvalue weighted by Gasteiger charge is 2.07. The first-order valence-electron chi connectivity index (χ1n) is 2.96. The molecule has 3 nitrogen and oxygen atoms in total. The van der Waals surface area contributed by atoms with Crippen LogP contribution in [0.5, 0.6) is 0 Å². The normalized spacial score (nSPS) is 25.1. The summed E-state index contributed by atoms with van der Waals surface area (Å²) >= 11 is 0. The zero-order chi connectivity index (χ0) is 6.69. The van der Waals surface area contributed by atoms with Crippen LogP contribution in [0.4, 0.5) is 0 Å². The van der Waals surface area contributed by atoms with Crippen molar-refractivity contribution in [1.82, 2.24) is 4.90 Å². The summed E-state index contributed by atoms with van der Waals surface area (Å²) in [7, 11) is 1.99. The molecule has 1 aliphatic rings. The van der Waals surface area contributed by atoms with Crippen molar-refractivity contribution in [2.45, 2.75) is 6.04 Å². The first kappa shape index (κ1) is 6.29. The highest BCUT2D eigenvalue weighted by molar-refractivity contribution is 5.66. The van der Waals surface area contributed by atoms with Crippen molar-refractivity contribution in [1.29, 1.82) is 0 Å². The number of hydrogen-bond acceptors (Lipinski definition) is 3. The van der Waals surface area contributed by atoms with Gasteiger partial charge < -0.3 is 10.6 Å². The van der Waals surface area contributed by atoms with E-state index in [1.165, 1.54) is 0 Å². The average molecular weight is 125 g/mol. The van der Waals surface area contributed by atoms with Crippen LogP contribution >= 0.6 is 0 Å². The molecule has 0 amide bonds. The molecule has 1 rings (SSSR count). The molecule has 0 aliphatic carbocycles. The summed E-state index contributed by atoms with van der Waals surface area (Å²) in [6.07, 6.45) is 5.52. The third-order valence-electron chi connectivity index (χ3n) is 1.41. The molecule has 2 N–H and O–H groups in total. The van der Waals surface area contributed by atoms with E-state index >= 15 is 0 Å². The van der Waals surface area contributed by atoms with E-state index in [1.54, 1.807) is 6.20 Å². The lowest BCUT2D eigenvalue weighted by Gasteiger charge is -2.23. The van der Waals surface area contributed by atoms with E-state index in [4.69, 9.17) is 5.73 Å². The lowest BCUT2D eigenvalue weighted by atomic mass is 10.3. The van der Waals surface area contributed by atoms with E-state index in [-0.39, 0.29) is 6.04 Å². The van der Waals surface area contributed by atoms with E-state index in [9.17, 15) is 0 Å². The second-order valence-corrected chi connectivity index (χ2v) is 2.06. The molecule has 1 atom stereocenters. The monoisotopic (exact) mass is 125 g/mol. The fourth-order valence-corrected chi connectivity index (χ4v) is 0.736. The number of nitrogens with zero attached hydrogens (tertiary/aromatic N) is 2. The van der Waals surface area contributed by atoms with E-state index in [2.05, 4.69) is 4.99 Å². The Kier molecular flexibility index (Phi) is 1.85. The Balaban J connectivity index is 2.55. The molecule has 0 spiro atoms. The van der Waals surface area contributed by atoms with Gasteiger partial charge in [0, 0.05) is 32.2 Å². The minimum Gasteiger partial charge on any atom is -0.370 e. The maximum atomic E-state index is 5.43. The lowest BCUT2D eigenvalue weighted by Crippen LogP contribution is -2.36. The Bertz CT molecular complexity index is 139. The van der Waals surface area contributed by atoms with Crippen molar-refractivity contribution in [2.75, 3.05) is 13.6 Å². The molecule has 50 valence electrons. The zero-order valence-electron chi connectivity index (χ0n) is 5.49. The van der Waals surface area contributed by atoms with Crippen molar-refractivity contribution in [3.8, 4) is 0 Å². The molecule has 0 radical (unpaired) electrons. The third kappa shape index (κ3) is 1.29. The van der Waals surface area contributed by atoms with E-state index in [0.29, 0.717) is 6.54 Å². The van der Waals surface area contributed by atoms with Gasteiger partial charge in [-0.2, -0.15) is 0 Å². The van der Waals surface area contributed by atoms with E-state index in [1.807, 2.05) is 24.4 Å². The minimum absolute atomic E-state index is 0.287. The van der Waals surface area contributed by atoms with Gasteiger partial charge in [0.2, 0.25) is 0 Å². The topological polar surface area (TPSA) is 41.6 Å². The number of nitrogens with two attached hydrogens (primary N) is 1. The van der Waals surface area contributed by atoms with Gasteiger partial charge in [-0.3, -0.25) is 4.99 Å². The fourth-order valence-electron chi connectivity index (χ4n) is 0.736. The first-order chi connectivity index (χ1) is 4.34. The van der Waals surface area contributed by atoms with Crippen LogP contribution in [0.25, 0.3) is 0 Å². The molecule has 3 heteroatoms. The van der Waals surface area contributed by atoms with Crippen molar-refractivity contribution >= 4 is 6.21 Å². The Morgan fingerprint density at radius 3 is 3.00 bits per heavy atom. The molecule has 0 aromatic heterocycles. The van der Waals surface area contributed by atoms with Crippen molar-refractivity contribution < 1.29 is 0 Å². The smallest absolute Gasteiger partial charge is 0.0758 e. The Hall–Kier alpha value is -0.830. The van der Waals surface area contributed by atoms with Crippen LogP contribution in [-0.4, -0.2) is 30.7 Å². The van der Waals surface area contributed by atoms with Gasteiger partial charge in [0.05, 0.1) is 6.04 Å². The predicted octanol–water partition coefficient (Wildman–Crippen LogP) is -0.199. The van der Waals surface area contributed by atoms with Gasteiger partial charge in [-0.25, -0.2) is 0 Å². The number of hydrogen-bond donors (Lipinski definition) is 1. The van der Waals surface area contributed by atoms with E-state index < -0.39 is 0 Å². The molecule has 1 aliphatic heterocycles. The van der Waals surface area contributed by atoms with Gasteiger partial charge in [0.15, 0.2) is 0 Å². The lowest BCUT2D eigenvalue weighted by molar-refractivity contribution is 0.409. The molecule has 1 heterocycles. The summed E-state index contributed by atoms with van der Waals surface area (Å²) in [6.45, 7) is 0.629. The van der Waals surface area contributed by atoms with Gasteiger partial charge in [-0.05, 0) is 0 Å². The second kappa shape index (κ2) is 2.64. The molecular formula is C6H11N3. The molecule has 0 saturated heterocycles. The van der Waals surface area contributed by atoms with Gasteiger partial charge in [0.25, 0.3) is 0 Å². The van der Waals surface area contributed by atoms with Gasteiger partial charge >= 0.3 is 0 Å². The molecule has 0 bridgehead atoms. The highest BCUT2D eigenvalue weighted by atomic mass is 15.1. The Labute approximate surface area is 54.9 Å². The largest absolute Gasteiger partial charge is 0.370 e. The number of aliphatic imine (C=N–C) groups is 1. The summed E-state index contributed by atoms with van der Waals surface area (Å²) in [5, 5.41) is 0. The van der Waals surface area contributed by atoms with Crippen molar-refractivity contribution in [3.63, 3.8) is 0 Å². The Morgan fingerprint density at radius 1 is 1.78 bits per heavy atom. The van der Waals surface area contributed by atoms with Crippen molar-refractivity contribution in [2.24, 2.45) is 10.7 Å². The summed E-state index contributed by atoms with van der Waals surface area (Å²) < 4.78 is 0. The molecule has 1 unspecified atom stereocenters. The van der Waals surface area contributed by atoms with Crippen LogP contribution in [-0.2, 0) is 0 Å². The summed E-state index contributed by atoms with van der Waals surface area (Å²) in [4.78, 5) is 5.99. The molecule has 0 fully saturated rings. The second-order valence-electron chi connectivity index (χ2n) is 2.06. The van der Waals surface area contributed by atoms with Crippen LogP contribution in [0, 0.1) is 0 Å². The number of rotatable bonds is 1.